The molecule has 1 saturated heterocycles. The first-order valence-corrected chi connectivity index (χ1v) is 5.78. The SMILES string of the molecule is C[C@@H]1CNC[C@H]1c1nc(-c2ccn(C)n2)no1. The molecule has 6 heteroatoms. The molecule has 1 fully saturated rings. The number of nitrogens with zero attached hydrogens (tertiary/aromatic N) is 4. The van der Waals surface area contributed by atoms with E-state index in [0.717, 1.165) is 18.8 Å². The molecular weight excluding hydrogens is 218 g/mol. The van der Waals surface area contributed by atoms with Gasteiger partial charge in [-0.25, -0.2) is 0 Å². The zero-order valence-electron chi connectivity index (χ0n) is 9.92. The molecule has 6 nitrogen and oxygen atoms in total. The van der Waals surface area contributed by atoms with Gasteiger partial charge in [-0.15, -0.1) is 0 Å². The molecule has 90 valence electrons. The van der Waals surface area contributed by atoms with Crippen molar-refractivity contribution >= 4 is 0 Å². The predicted molar refractivity (Wildman–Crippen MR) is 61.3 cm³/mol. The summed E-state index contributed by atoms with van der Waals surface area (Å²) < 4.78 is 7.06. The predicted octanol–water partition coefficient (Wildman–Crippen LogP) is 0.793. The second-order valence-corrected chi connectivity index (χ2v) is 4.57. The van der Waals surface area contributed by atoms with Gasteiger partial charge in [0.2, 0.25) is 11.7 Å². The molecule has 1 N–H and O–H groups in total. The summed E-state index contributed by atoms with van der Waals surface area (Å²) in [5.41, 5.74) is 0.751. The van der Waals surface area contributed by atoms with Gasteiger partial charge < -0.3 is 9.84 Å². The summed E-state index contributed by atoms with van der Waals surface area (Å²) in [5.74, 6) is 2.13. The first-order chi connectivity index (χ1) is 8.24. The Bertz CT molecular complexity index is 517. The molecule has 2 aromatic heterocycles. The maximum Gasteiger partial charge on any atom is 0.231 e. The fraction of sp³-hybridized carbons (Fsp3) is 0.545. The molecule has 0 spiro atoms. The summed E-state index contributed by atoms with van der Waals surface area (Å²) in [6.07, 6.45) is 1.87. The summed E-state index contributed by atoms with van der Waals surface area (Å²) in [4.78, 5) is 4.43. The lowest BCUT2D eigenvalue weighted by atomic mass is 9.98. The van der Waals surface area contributed by atoms with Gasteiger partial charge in [-0.3, -0.25) is 4.68 Å². The van der Waals surface area contributed by atoms with Crippen LogP contribution >= 0.6 is 0 Å². The largest absolute Gasteiger partial charge is 0.339 e. The minimum atomic E-state index is 0.319. The van der Waals surface area contributed by atoms with Crippen molar-refractivity contribution in [1.29, 1.82) is 0 Å². The average molecular weight is 233 g/mol. The minimum Gasteiger partial charge on any atom is -0.339 e. The van der Waals surface area contributed by atoms with Crippen LogP contribution in [0.1, 0.15) is 18.7 Å². The van der Waals surface area contributed by atoms with Crippen molar-refractivity contribution in [3.8, 4) is 11.5 Å². The fourth-order valence-corrected chi connectivity index (χ4v) is 2.16. The molecule has 2 aromatic rings. The quantitative estimate of drug-likeness (QED) is 0.830. The van der Waals surface area contributed by atoms with Crippen molar-refractivity contribution in [1.82, 2.24) is 25.2 Å². The van der Waals surface area contributed by atoms with Crippen LogP contribution in [-0.2, 0) is 7.05 Å². The van der Waals surface area contributed by atoms with Crippen molar-refractivity contribution in [2.24, 2.45) is 13.0 Å². The molecule has 1 aliphatic heterocycles. The molecule has 0 aliphatic carbocycles. The molecule has 3 rings (SSSR count). The zero-order chi connectivity index (χ0) is 11.8. The van der Waals surface area contributed by atoms with Gasteiger partial charge in [-0.05, 0) is 18.5 Å². The number of aryl methyl sites for hydroxylation is 1. The van der Waals surface area contributed by atoms with Gasteiger partial charge in [-0.2, -0.15) is 10.1 Å². The average Bonchev–Trinajstić information content (AvgIpc) is 2.97. The molecule has 1 aliphatic rings. The third-order valence-corrected chi connectivity index (χ3v) is 3.22. The van der Waals surface area contributed by atoms with E-state index in [1.807, 2.05) is 19.3 Å². The number of hydrogen-bond donors (Lipinski definition) is 1. The molecule has 0 saturated carbocycles. The van der Waals surface area contributed by atoms with Crippen molar-refractivity contribution in [3.63, 3.8) is 0 Å². The van der Waals surface area contributed by atoms with Gasteiger partial charge in [0.25, 0.3) is 0 Å². The standard InChI is InChI=1S/C11H15N5O/c1-7-5-12-6-8(7)11-13-10(15-17-11)9-3-4-16(2)14-9/h3-4,7-8,12H,5-6H2,1-2H3/t7-,8-/m1/s1. The van der Waals surface area contributed by atoms with Gasteiger partial charge in [0, 0.05) is 19.8 Å². The Kier molecular flexibility index (Phi) is 2.44. The maximum absolute atomic E-state index is 5.33. The van der Waals surface area contributed by atoms with Crippen LogP contribution in [0.3, 0.4) is 0 Å². The lowest BCUT2D eigenvalue weighted by Gasteiger charge is -2.07. The van der Waals surface area contributed by atoms with Crippen molar-refractivity contribution in [2.45, 2.75) is 12.8 Å². The monoisotopic (exact) mass is 233 g/mol. The van der Waals surface area contributed by atoms with Gasteiger partial charge in [0.15, 0.2) is 0 Å². The van der Waals surface area contributed by atoms with E-state index in [0.29, 0.717) is 23.6 Å². The van der Waals surface area contributed by atoms with E-state index in [1.54, 1.807) is 4.68 Å². The van der Waals surface area contributed by atoms with E-state index in [-0.39, 0.29) is 0 Å². The second-order valence-electron chi connectivity index (χ2n) is 4.57. The number of aromatic nitrogens is 4. The normalized spacial score (nSPS) is 24.4. The highest BCUT2D eigenvalue weighted by atomic mass is 16.5. The van der Waals surface area contributed by atoms with Crippen LogP contribution in [0.4, 0.5) is 0 Å². The summed E-state index contributed by atoms with van der Waals surface area (Å²) >= 11 is 0. The molecule has 0 amide bonds. The van der Waals surface area contributed by atoms with Crippen LogP contribution in [-0.4, -0.2) is 33.0 Å². The Balaban J connectivity index is 1.87. The Labute approximate surface area is 99.0 Å². The van der Waals surface area contributed by atoms with Crippen LogP contribution < -0.4 is 5.32 Å². The van der Waals surface area contributed by atoms with Crippen LogP contribution in [0.25, 0.3) is 11.5 Å². The van der Waals surface area contributed by atoms with Gasteiger partial charge in [0.1, 0.15) is 5.69 Å². The highest BCUT2D eigenvalue weighted by Gasteiger charge is 2.29. The van der Waals surface area contributed by atoms with Crippen molar-refractivity contribution < 1.29 is 4.52 Å². The Morgan fingerprint density at radius 1 is 1.47 bits per heavy atom. The minimum absolute atomic E-state index is 0.319. The van der Waals surface area contributed by atoms with Crippen LogP contribution in [0.2, 0.25) is 0 Å². The highest BCUT2D eigenvalue weighted by Crippen LogP contribution is 2.27. The first-order valence-electron chi connectivity index (χ1n) is 5.78. The number of nitrogens with one attached hydrogen (secondary N) is 1. The van der Waals surface area contributed by atoms with Gasteiger partial charge in [-0.1, -0.05) is 12.1 Å². The van der Waals surface area contributed by atoms with Crippen molar-refractivity contribution in [2.75, 3.05) is 13.1 Å². The van der Waals surface area contributed by atoms with Crippen LogP contribution in [0.5, 0.6) is 0 Å². The summed E-state index contributed by atoms with van der Waals surface area (Å²) in [6.45, 7) is 4.10. The third-order valence-electron chi connectivity index (χ3n) is 3.22. The van der Waals surface area contributed by atoms with E-state index < -0.39 is 0 Å². The summed E-state index contributed by atoms with van der Waals surface area (Å²) in [5, 5.41) is 11.6. The third kappa shape index (κ3) is 1.84. The molecular formula is C11H15N5O. The first kappa shape index (κ1) is 10.5. The lowest BCUT2D eigenvalue weighted by Crippen LogP contribution is -2.08. The van der Waals surface area contributed by atoms with Gasteiger partial charge >= 0.3 is 0 Å². The lowest BCUT2D eigenvalue weighted by molar-refractivity contribution is 0.340. The smallest absolute Gasteiger partial charge is 0.231 e. The highest BCUT2D eigenvalue weighted by molar-refractivity contribution is 5.46. The van der Waals surface area contributed by atoms with E-state index in [1.165, 1.54) is 0 Å². The van der Waals surface area contributed by atoms with E-state index in [9.17, 15) is 0 Å². The van der Waals surface area contributed by atoms with Crippen molar-refractivity contribution in [3.05, 3.63) is 18.2 Å². The van der Waals surface area contributed by atoms with Crippen LogP contribution in [0, 0.1) is 5.92 Å². The molecule has 17 heavy (non-hydrogen) atoms. The molecule has 0 bridgehead atoms. The molecule has 0 aromatic carbocycles. The fourth-order valence-electron chi connectivity index (χ4n) is 2.16. The van der Waals surface area contributed by atoms with Gasteiger partial charge in [0.05, 0.1) is 5.92 Å². The van der Waals surface area contributed by atoms with Crippen LogP contribution in [0.15, 0.2) is 16.8 Å². The molecule has 0 unspecified atom stereocenters. The Hall–Kier alpha value is -1.69. The zero-order valence-corrected chi connectivity index (χ0v) is 9.92. The number of rotatable bonds is 2. The Morgan fingerprint density at radius 3 is 3.00 bits per heavy atom. The topological polar surface area (TPSA) is 68.8 Å². The number of hydrogen-bond acceptors (Lipinski definition) is 5. The summed E-state index contributed by atoms with van der Waals surface area (Å²) in [6, 6.07) is 1.88. The van der Waals surface area contributed by atoms with E-state index in [2.05, 4.69) is 27.5 Å². The maximum atomic E-state index is 5.33. The molecule has 3 heterocycles. The van der Waals surface area contributed by atoms with E-state index >= 15 is 0 Å². The molecule has 0 radical (unpaired) electrons. The summed E-state index contributed by atoms with van der Waals surface area (Å²) in [7, 11) is 1.87. The Morgan fingerprint density at radius 2 is 2.35 bits per heavy atom. The molecule has 2 atom stereocenters. The van der Waals surface area contributed by atoms with E-state index in [4.69, 9.17) is 4.52 Å². The second kappa shape index (κ2) is 3.96.